The van der Waals surface area contributed by atoms with Crippen molar-refractivity contribution in [2.75, 3.05) is 0 Å². The van der Waals surface area contributed by atoms with Crippen LogP contribution in [-0.4, -0.2) is 27.7 Å². The summed E-state index contributed by atoms with van der Waals surface area (Å²) >= 11 is 1.17. The Balaban J connectivity index is 2.81. The molecule has 1 rings (SSSR count). The molecule has 0 aliphatic carbocycles. The number of hydrogen-bond acceptors (Lipinski definition) is 5. The maximum absolute atomic E-state index is 12.1. The lowest BCUT2D eigenvalue weighted by molar-refractivity contribution is -0.119. The van der Waals surface area contributed by atoms with Gasteiger partial charge in [0.15, 0.2) is 0 Å². The Labute approximate surface area is 141 Å². The summed E-state index contributed by atoms with van der Waals surface area (Å²) in [6.45, 7) is 10.8. The highest BCUT2D eigenvalue weighted by Gasteiger charge is 2.22. The summed E-state index contributed by atoms with van der Waals surface area (Å²) in [5.74, 6) is -0.429. The molecule has 1 aromatic heterocycles. The number of carbonyl (C=O) groups is 2. The van der Waals surface area contributed by atoms with Crippen molar-refractivity contribution in [1.82, 2.24) is 15.6 Å². The van der Waals surface area contributed by atoms with Gasteiger partial charge in [-0.05, 0) is 53.2 Å². The van der Waals surface area contributed by atoms with E-state index < -0.39 is 22.7 Å². The molecule has 6 nitrogen and oxygen atoms in total. The number of aromatic nitrogens is 1. The number of pyridine rings is 1. The predicted octanol–water partition coefficient (Wildman–Crippen LogP) is 2.68. The Morgan fingerprint density at radius 3 is 2.48 bits per heavy atom. The van der Waals surface area contributed by atoms with Crippen molar-refractivity contribution < 1.29 is 9.59 Å². The largest absolute Gasteiger partial charge is 0.333 e. The van der Waals surface area contributed by atoms with Crippen LogP contribution in [0.4, 0.5) is 4.79 Å². The molecule has 1 aromatic rings. The highest BCUT2D eigenvalue weighted by atomic mass is 32.2. The van der Waals surface area contributed by atoms with E-state index in [1.165, 1.54) is 11.8 Å². The topological polar surface area (TPSA) is 94.9 Å². The van der Waals surface area contributed by atoms with Crippen molar-refractivity contribution in [3.8, 4) is 6.07 Å². The minimum atomic E-state index is -0.554. The van der Waals surface area contributed by atoms with Crippen LogP contribution in [-0.2, 0) is 4.79 Å². The number of rotatable bonds is 3. The van der Waals surface area contributed by atoms with E-state index in [4.69, 9.17) is 0 Å². The molecule has 1 unspecified atom stereocenters. The van der Waals surface area contributed by atoms with E-state index in [2.05, 4.69) is 21.7 Å². The van der Waals surface area contributed by atoms with Gasteiger partial charge in [0.2, 0.25) is 5.91 Å². The molecule has 124 valence electrons. The lowest BCUT2D eigenvalue weighted by atomic mass is 10.1. The number of nitrogens with zero attached hydrogens (tertiary/aromatic N) is 2. The number of amides is 3. The van der Waals surface area contributed by atoms with Gasteiger partial charge in [-0.25, -0.2) is 9.78 Å². The van der Waals surface area contributed by atoms with Gasteiger partial charge in [0, 0.05) is 11.2 Å². The second kappa shape index (κ2) is 7.47. The van der Waals surface area contributed by atoms with Gasteiger partial charge in [-0.2, -0.15) is 5.26 Å². The maximum Gasteiger partial charge on any atom is 0.321 e. The van der Waals surface area contributed by atoms with E-state index in [0.717, 1.165) is 11.3 Å². The minimum absolute atomic E-state index is 0.427. The number of aryl methyl sites for hydroxylation is 2. The zero-order chi connectivity index (χ0) is 17.8. The first-order chi connectivity index (χ1) is 10.5. The molecule has 3 amide bonds. The first-order valence-corrected chi connectivity index (χ1v) is 8.09. The SMILES string of the molecule is Cc1cc(C)c(C#N)c(SC(C)C(=O)NC(=O)NC(C)(C)C)n1. The van der Waals surface area contributed by atoms with Crippen LogP contribution in [0.1, 0.15) is 44.5 Å². The smallest absolute Gasteiger partial charge is 0.321 e. The third-order valence-corrected chi connectivity index (χ3v) is 3.89. The lowest BCUT2D eigenvalue weighted by Crippen LogP contribution is -2.49. The van der Waals surface area contributed by atoms with Crippen molar-refractivity contribution in [3.05, 3.63) is 22.9 Å². The van der Waals surface area contributed by atoms with Crippen molar-refractivity contribution >= 4 is 23.7 Å². The van der Waals surface area contributed by atoms with Crippen molar-refractivity contribution in [2.45, 2.75) is 57.4 Å². The number of hydrogen-bond donors (Lipinski definition) is 2. The fourth-order valence-electron chi connectivity index (χ4n) is 1.83. The molecule has 0 bridgehead atoms. The van der Waals surface area contributed by atoms with Crippen LogP contribution in [0, 0.1) is 25.2 Å². The third-order valence-electron chi connectivity index (χ3n) is 2.81. The fraction of sp³-hybridized carbons (Fsp3) is 0.500. The van der Waals surface area contributed by atoms with Crippen LogP contribution in [0.3, 0.4) is 0 Å². The van der Waals surface area contributed by atoms with Crippen LogP contribution in [0.15, 0.2) is 11.1 Å². The summed E-state index contributed by atoms with van der Waals surface area (Å²) in [5.41, 5.74) is 1.63. The minimum Gasteiger partial charge on any atom is -0.333 e. The molecule has 1 atom stereocenters. The molecule has 1 heterocycles. The van der Waals surface area contributed by atoms with E-state index in [0.29, 0.717) is 10.6 Å². The molecule has 0 spiro atoms. The van der Waals surface area contributed by atoms with E-state index in [-0.39, 0.29) is 0 Å². The average molecular weight is 334 g/mol. The van der Waals surface area contributed by atoms with Crippen LogP contribution >= 0.6 is 11.8 Å². The van der Waals surface area contributed by atoms with Gasteiger partial charge in [-0.3, -0.25) is 10.1 Å². The molecule has 0 radical (unpaired) electrons. The molecule has 7 heteroatoms. The van der Waals surface area contributed by atoms with E-state index in [9.17, 15) is 14.9 Å². The third kappa shape index (κ3) is 5.91. The zero-order valence-corrected chi connectivity index (χ0v) is 15.1. The first kappa shape index (κ1) is 19.0. The van der Waals surface area contributed by atoms with Crippen LogP contribution < -0.4 is 10.6 Å². The maximum atomic E-state index is 12.1. The Kier molecular flexibility index (Phi) is 6.16. The number of nitrogens with one attached hydrogen (secondary N) is 2. The van der Waals surface area contributed by atoms with Gasteiger partial charge in [0.05, 0.1) is 10.8 Å². The number of urea groups is 1. The van der Waals surface area contributed by atoms with Crippen LogP contribution in [0.25, 0.3) is 0 Å². The molecular weight excluding hydrogens is 312 g/mol. The standard InChI is InChI=1S/C16H22N4O2S/c1-9-7-10(2)18-14(12(9)8-17)23-11(3)13(21)19-15(22)20-16(4,5)6/h7,11H,1-6H3,(H2,19,20,21,22). The van der Waals surface area contributed by atoms with Crippen LogP contribution in [0.5, 0.6) is 0 Å². The summed E-state index contributed by atoms with van der Waals surface area (Å²) in [6.07, 6.45) is 0. The number of nitriles is 1. The zero-order valence-electron chi connectivity index (χ0n) is 14.3. The molecular formula is C16H22N4O2S. The number of imide groups is 1. The first-order valence-electron chi connectivity index (χ1n) is 7.21. The highest BCUT2D eigenvalue weighted by Crippen LogP contribution is 2.27. The average Bonchev–Trinajstić information content (AvgIpc) is 2.35. The second-order valence-corrected chi connectivity index (χ2v) is 7.66. The number of carbonyl (C=O) groups excluding carboxylic acids is 2. The van der Waals surface area contributed by atoms with Gasteiger partial charge in [0.1, 0.15) is 11.1 Å². The quantitative estimate of drug-likeness (QED) is 0.829. The Morgan fingerprint density at radius 1 is 1.35 bits per heavy atom. The van der Waals surface area contributed by atoms with Crippen molar-refractivity contribution in [2.24, 2.45) is 0 Å². The van der Waals surface area contributed by atoms with Gasteiger partial charge in [-0.1, -0.05) is 11.8 Å². The molecule has 23 heavy (non-hydrogen) atoms. The normalized spacial score (nSPS) is 12.2. The van der Waals surface area contributed by atoms with Gasteiger partial charge in [0.25, 0.3) is 0 Å². The van der Waals surface area contributed by atoms with Gasteiger partial charge >= 0.3 is 6.03 Å². The van der Waals surface area contributed by atoms with Gasteiger partial charge in [-0.15, -0.1) is 0 Å². The van der Waals surface area contributed by atoms with Gasteiger partial charge < -0.3 is 5.32 Å². The molecule has 2 N–H and O–H groups in total. The Hall–Kier alpha value is -2.07. The molecule has 0 saturated heterocycles. The molecule has 0 saturated carbocycles. The second-order valence-electron chi connectivity index (χ2n) is 6.33. The molecule has 0 aliphatic heterocycles. The Bertz CT molecular complexity index is 659. The van der Waals surface area contributed by atoms with E-state index in [1.54, 1.807) is 6.92 Å². The van der Waals surface area contributed by atoms with Crippen LogP contribution in [0.2, 0.25) is 0 Å². The summed E-state index contributed by atoms with van der Waals surface area (Å²) in [4.78, 5) is 28.2. The monoisotopic (exact) mass is 334 g/mol. The fourth-order valence-corrected chi connectivity index (χ4v) is 2.85. The molecule has 0 fully saturated rings. The summed E-state index contributed by atoms with van der Waals surface area (Å²) in [6, 6.07) is 3.40. The van der Waals surface area contributed by atoms with Crippen molar-refractivity contribution in [1.29, 1.82) is 5.26 Å². The van der Waals surface area contributed by atoms with E-state index in [1.807, 2.05) is 40.7 Å². The summed E-state index contributed by atoms with van der Waals surface area (Å²) < 4.78 is 0. The summed E-state index contributed by atoms with van der Waals surface area (Å²) in [5, 5.41) is 14.2. The highest BCUT2D eigenvalue weighted by molar-refractivity contribution is 8.00. The Morgan fingerprint density at radius 2 is 1.96 bits per heavy atom. The predicted molar refractivity (Wildman–Crippen MR) is 90.2 cm³/mol. The molecule has 0 aliphatic rings. The number of thioether (sulfide) groups is 1. The molecule has 0 aromatic carbocycles. The summed E-state index contributed by atoms with van der Waals surface area (Å²) in [7, 11) is 0. The lowest BCUT2D eigenvalue weighted by Gasteiger charge is -2.21. The van der Waals surface area contributed by atoms with E-state index >= 15 is 0 Å². The van der Waals surface area contributed by atoms with Crippen molar-refractivity contribution in [3.63, 3.8) is 0 Å².